The van der Waals surface area contributed by atoms with Crippen molar-refractivity contribution in [3.05, 3.63) is 52.0 Å². The van der Waals surface area contributed by atoms with Crippen LogP contribution < -0.4 is 5.32 Å². The van der Waals surface area contributed by atoms with Crippen LogP contribution in [0.4, 0.5) is 0 Å². The number of rotatable bonds is 5. The molecule has 0 spiro atoms. The van der Waals surface area contributed by atoms with Gasteiger partial charge in [0, 0.05) is 11.8 Å². The van der Waals surface area contributed by atoms with Crippen molar-refractivity contribution in [2.24, 2.45) is 0 Å². The molecule has 0 saturated carbocycles. The average Bonchev–Trinajstić information content (AvgIpc) is 2.98. The smallest absolute Gasteiger partial charge is 0.263 e. The van der Waals surface area contributed by atoms with Crippen LogP contribution >= 0.6 is 11.3 Å². The molecule has 2 N–H and O–H groups in total. The summed E-state index contributed by atoms with van der Waals surface area (Å²) in [7, 11) is 0. The van der Waals surface area contributed by atoms with E-state index in [2.05, 4.69) is 10.3 Å². The van der Waals surface area contributed by atoms with Crippen LogP contribution in [0.2, 0.25) is 0 Å². The molecule has 0 saturated heterocycles. The average molecular weight is 332 g/mol. The minimum atomic E-state index is -0.632. The first kappa shape index (κ1) is 17.6. The normalized spacial score (nSPS) is 14.3. The minimum Gasteiger partial charge on any atom is -0.391 e. The quantitative estimate of drug-likeness (QED) is 0.884. The highest BCUT2D eigenvalue weighted by atomic mass is 32.1. The van der Waals surface area contributed by atoms with Gasteiger partial charge in [-0.05, 0) is 12.5 Å². The number of aromatic nitrogens is 1. The summed E-state index contributed by atoms with van der Waals surface area (Å²) in [5, 5.41) is 13.2. The Bertz CT molecular complexity index is 647. The van der Waals surface area contributed by atoms with Gasteiger partial charge in [-0.1, -0.05) is 51.1 Å². The number of benzene rings is 1. The Labute approximate surface area is 141 Å². The van der Waals surface area contributed by atoms with Crippen LogP contribution in [0.3, 0.4) is 0 Å². The molecule has 0 bridgehead atoms. The van der Waals surface area contributed by atoms with Crippen molar-refractivity contribution in [1.29, 1.82) is 0 Å². The zero-order valence-electron chi connectivity index (χ0n) is 14.0. The third kappa shape index (κ3) is 4.62. The molecule has 23 heavy (non-hydrogen) atoms. The van der Waals surface area contributed by atoms with E-state index in [4.69, 9.17) is 0 Å². The molecule has 0 fully saturated rings. The lowest BCUT2D eigenvalue weighted by Crippen LogP contribution is -2.42. The molecule has 1 aromatic heterocycles. The number of carbonyl (C=O) groups is 1. The maximum Gasteiger partial charge on any atom is 0.263 e. The fourth-order valence-electron chi connectivity index (χ4n) is 2.34. The number of hydrogen-bond acceptors (Lipinski definition) is 4. The Morgan fingerprint density at radius 3 is 2.57 bits per heavy atom. The van der Waals surface area contributed by atoms with Gasteiger partial charge in [-0.25, -0.2) is 4.98 Å². The van der Waals surface area contributed by atoms with Gasteiger partial charge in [0.2, 0.25) is 0 Å². The lowest BCUT2D eigenvalue weighted by Gasteiger charge is -2.22. The first-order chi connectivity index (χ1) is 10.8. The largest absolute Gasteiger partial charge is 0.391 e. The molecule has 0 aliphatic heterocycles. The summed E-state index contributed by atoms with van der Waals surface area (Å²) in [6.45, 7) is 7.93. The molecule has 0 aliphatic carbocycles. The molecule has 2 unspecified atom stereocenters. The molecular weight excluding hydrogens is 308 g/mol. The molecule has 2 atom stereocenters. The zero-order chi connectivity index (χ0) is 17.0. The highest BCUT2D eigenvalue weighted by Gasteiger charge is 2.26. The second-order valence-corrected chi connectivity index (χ2v) is 7.65. The van der Waals surface area contributed by atoms with Crippen LogP contribution in [0.25, 0.3) is 0 Å². The fourth-order valence-corrected chi connectivity index (χ4v) is 3.24. The van der Waals surface area contributed by atoms with Crippen molar-refractivity contribution in [1.82, 2.24) is 10.3 Å². The molecule has 124 valence electrons. The molecule has 0 aliphatic rings. The van der Waals surface area contributed by atoms with E-state index < -0.39 is 6.10 Å². The Kier molecular flexibility index (Phi) is 5.55. The standard InChI is InChI=1S/C18H24N2O2S/c1-12(14(21)10-13-8-6-5-7-9-13)20-17(22)15-16(18(2,3)4)19-11-23-15/h5-9,11-12,14,21H,10H2,1-4H3,(H,20,22). The Balaban J connectivity index is 2.01. The fraction of sp³-hybridized carbons (Fsp3) is 0.444. The topological polar surface area (TPSA) is 62.2 Å². The number of amides is 1. The molecule has 4 nitrogen and oxygen atoms in total. The van der Waals surface area contributed by atoms with Crippen LogP contribution in [-0.4, -0.2) is 28.1 Å². The van der Waals surface area contributed by atoms with Crippen molar-refractivity contribution in [3.63, 3.8) is 0 Å². The van der Waals surface area contributed by atoms with Crippen molar-refractivity contribution in [2.75, 3.05) is 0 Å². The van der Waals surface area contributed by atoms with Crippen molar-refractivity contribution >= 4 is 17.2 Å². The molecule has 1 heterocycles. The van der Waals surface area contributed by atoms with E-state index in [1.54, 1.807) is 5.51 Å². The third-order valence-electron chi connectivity index (χ3n) is 3.71. The Morgan fingerprint density at radius 1 is 1.30 bits per heavy atom. The first-order valence-electron chi connectivity index (χ1n) is 7.76. The Hall–Kier alpha value is -1.72. The molecular formula is C18H24N2O2S. The molecule has 5 heteroatoms. The number of aliphatic hydroxyl groups is 1. The van der Waals surface area contributed by atoms with Gasteiger partial charge in [-0.15, -0.1) is 11.3 Å². The zero-order valence-corrected chi connectivity index (χ0v) is 14.9. The monoisotopic (exact) mass is 332 g/mol. The number of thiazole rings is 1. The number of hydrogen-bond donors (Lipinski definition) is 2. The van der Waals surface area contributed by atoms with E-state index in [1.165, 1.54) is 11.3 Å². The van der Waals surface area contributed by atoms with Gasteiger partial charge in [-0.2, -0.15) is 0 Å². The van der Waals surface area contributed by atoms with E-state index in [0.717, 1.165) is 11.3 Å². The molecule has 0 radical (unpaired) electrons. The van der Waals surface area contributed by atoms with E-state index in [0.29, 0.717) is 11.3 Å². The molecule has 2 rings (SSSR count). The van der Waals surface area contributed by atoms with E-state index >= 15 is 0 Å². The van der Waals surface area contributed by atoms with Crippen LogP contribution in [0.5, 0.6) is 0 Å². The SMILES string of the molecule is CC(NC(=O)c1scnc1C(C)(C)C)C(O)Cc1ccccc1. The van der Waals surface area contributed by atoms with Crippen molar-refractivity contribution < 1.29 is 9.90 Å². The van der Waals surface area contributed by atoms with Crippen LogP contribution in [0.15, 0.2) is 35.8 Å². The number of carbonyl (C=O) groups excluding carboxylic acids is 1. The van der Waals surface area contributed by atoms with Gasteiger partial charge < -0.3 is 10.4 Å². The maximum absolute atomic E-state index is 12.5. The number of nitrogens with one attached hydrogen (secondary N) is 1. The highest BCUT2D eigenvalue weighted by molar-refractivity contribution is 7.11. The van der Waals surface area contributed by atoms with Gasteiger partial charge in [0.25, 0.3) is 5.91 Å². The summed E-state index contributed by atoms with van der Waals surface area (Å²) < 4.78 is 0. The third-order valence-corrected chi connectivity index (χ3v) is 4.53. The van der Waals surface area contributed by atoms with Crippen LogP contribution in [-0.2, 0) is 11.8 Å². The van der Waals surface area contributed by atoms with E-state index in [-0.39, 0.29) is 17.4 Å². The number of nitrogens with zero attached hydrogens (tertiary/aromatic N) is 1. The lowest BCUT2D eigenvalue weighted by molar-refractivity contribution is 0.0853. The second kappa shape index (κ2) is 7.23. The number of aliphatic hydroxyl groups excluding tert-OH is 1. The van der Waals surface area contributed by atoms with E-state index in [9.17, 15) is 9.90 Å². The summed E-state index contributed by atoms with van der Waals surface area (Å²) in [5.74, 6) is -0.169. The summed E-state index contributed by atoms with van der Waals surface area (Å²) in [4.78, 5) is 17.4. The predicted molar refractivity (Wildman–Crippen MR) is 93.9 cm³/mol. The Morgan fingerprint density at radius 2 is 1.96 bits per heavy atom. The van der Waals surface area contributed by atoms with Gasteiger partial charge >= 0.3 is 0 Å². The van der Waals surface area contributed by atoms with Crippen molar-refractivity contribution in [3.8, 4) is 0 Å². The first-order valence-corrected chi connectivity index (χ1v) is 8.64. The summed E-state index contributed by atoms with van der Waals surface area (Å²) >= 11 is 1.34. The van der Waals surface area contributed by atoms with Crippen molar-refractivity contribution in [2.45, 2.75) is 51.7 Å². The van der Waals surface area contributed by atoms with Gasteiger partial charge in [0.1, 0.15) is 4.88 Å². The highest BCUT2D eigenvalue weighted by Crippen LogP contribution is 2.27. The van der Waals surface area contributed by atoms with Gasteiger partial charge in [0.15, 0.2) is 0 Å². The lowest BCUT2D eigenvalue weighted by atomic mass is 9.91. The van der Waals surface area contributed by atoms with Crippen LogP contribution in [0, 0.1) is 0 Å². The second-order valence-electron chi connectivity index (χ2n) is 6.80. The molecule has 1 amide bonds. The summed E-state index contributed by atoms with van der Waals surface area (Å²) in [6, 6.07) is 9.43. The van der Waals surface area contributed by atoms with E-state index in [1.807, 2.05) is 58.0 Å². The summed E-state index contributed by atoms with van der Waals surface area (Å²) in [6.07, 6.45) is -0.121. The van der Waals surface area contributed by atoms with Crippen LogP contribution in [0.1, 0.15) is 48.6 Å². The predicted octanol–water partition coefficient (Wildman–Crippen LogP) is 3.16. The maximum atomic E-state index is 12.5. The minimum absolute atomic E-state index is 0.169. The summed E-state index contributed by atoms with van der Waals surface area (Å²) in [5.41, 5.74) is 3.36. The molecule has 1 aromatic carbocycles. The van der Waals surface area contributed by atoms with Gasteiger partial charge in [-0.3, -0.25) is 4.79 Å². The molecule has 2 aromatic rings. The van der Waals surface area contributed by atoms with Gasteiger partial charge in [0.05, 0.1) is 23.4 Å².